The number of likely N-dealkylation sites (N-methyl/N-ethyl adjacent to an activating group) is 1. The van der Waals surface area contributed by atoms with Crippen LogP contribution in [0.2, 0.25) is 0 Å². The van der Waals surface area contributed by atoms with E-state index in [1.807, 2.05) is 30.8 Å². The smallest absolute Gasteiger partial charge is 0.224 e. The molecule has 3 nitrogen and oxygen atoms in total. The van der Waals surface area contributed by atoms with E-state index >= 15 is 0 Å². The van der Waals surface area contributed by atoms with Gasteiger partial charge in [0.2, 0.25) is 5.91 Å². The number of hydrogen-bond acceptors (Lipinski definition) is 3. The van der Waals surface area contributed by atoms with E-state index in [0.717, 1.165) is 11.3 Å². The van der Waals surface area contributed by atoms with Gasteiger partial charge >= 0.3 is 0 Å². The van der Waals surface area contributed by atoms with Crippen molar-refractivity contribution in [3.8, 4) is 0 Å². The first-order chi connectivity index (χ1) is 9.19. The third-order valence-electron chi connectivity index (χ3n) is 3.42. The summed E-state index contributed by atoms with van der Waals surface area (Å²) in [7, 11) is 0. The summed E-state index contributed by atoms with van der Waals surface area (Å²) in [6.45, 7) is 4.90. The van der Waals surface area contributed by atoms with Crippen molar-refractivity contribution >= 4 is 23.4 Å². The Morgan fingerprint density at radius 3 is 2.68 bits per heavy atom. The number of hydrogen-bond donors (Lipinski definition) is 2. The van der Waals surface area contributed by atoms with Crippen LogP contribution in [-0.4, -0.2) is 29.5 Å². The predicted molar refractivity (Wildman–Crippen MR) is 82.8 cm³/mol. The van der Waals surface area contributed by atoms with Crippen molar-refractivity contribution in [3.63, 3.8) is 0 Å². The molecule has 1 amide bonds. The predicted octanol–water partition coefficient (Wildman–Crippen LogP) is 2.67. The van der Waals surface area contributed by atoms with E-state index in [0.29, 0.717) is 24.3 Å². The number of rotatable bonds is 5. The molecule has 0 aromatic heterocycles. The first kappa shape index (κ1) is 14.3. The Labute approximate surface area is 119 Å². The Morgan fingerprint density at radius 2 is 2.11 bits per heavy atom. The van der Waals surface area contributed by atoms with Gasteiger partial charge in [0.15, 0.2) is 0 Å². The zero-order valence-electron chi connectivity index (χ0n) is 11.6. The zero-order chi connectivity index (χ0) is 13.7. The highest BCUT2D eigenvalue weighted by molar-refractivity contribution is 8.00. The largest absolute Gasteiger partial charge is 0.381 e. The van der Waals surface area contributed by atoms with Crippen LogP contribution in [0.15, 0.2) is 24.3 Å². The molecule has 0 bridgehead atoms. The highest BCUT2D eigenvalue weighted by Gasteiger charge is 2.23. The maximum atomic E-state index is 11.5. The summed E-state index contributed by atoms with van der Waals surface area (Å²) in [5.74, 6) is 1.33. The lowest BCUT2D eigenvalue weighted by molar-refractivity contribution is -0.120. The minimum atomic E-state index is 0.0871. The fraction of sp³-hybridized carbons (Fsp3) is 0.533. The number of amides is 1. The molecular weight excluding hydrogens is 256 g/mol. The van der Waals surface area contributed by atoms with Gasteiger partial charge in [-0.25, -0.2) is 0 Å². The third kappa shape index (κ3) is 4.16. The monoisotopic (exact) mass is 278 g/mol. The van der Waals surface area contributed by atoms with Gasteiger partial charge < -0.3 is 10.6 Å². The van der Waals surface area contributed by atoms with Crippen LogP contribution in [0.4, 0.5) is 5.69 Å². The molecule has 1 aromatic carbocycles. The summed E-state index contributed by atoms with van der Waals surface area (Å²) < 4.78 is 0. The summed E-state index contributed by atoms with van der Waals surface area (Å²) in [6, 6.07) is 8.78. The maximum Gasteiger partial charge on any atom is 0.224 e. The maximum absolute atomic E-state index is 11.5. The second-order valence-corrected chi connectivity index (χ2v) is 6.43. The van der Waals surface area contributed by atoms with Gasteiger partial charge in [-0.3, -0.25) is 4.79 Å². The third-order valence-corrected chi connectivity index (χ3v) is 4.75. The lowest BCUT2D eigenvalue weighted by Crippen LogP contribution is -2.25. The molecule has 2 unspecified atom stereocenters. The summed E-state index contributed by atoms with van der Waals surface area (Å²) in [5.41, 5.74) is 2.21. The number of anilines is 1. The van der Waals surface area contributed by atoms with Crippen molar-refractivity contribution in [1.29, 1.82) is 0 Å². The van der Waals surface area contributed by atoms with Crippen molar-refractivity contribution < 1.29 is 4.79 Å². The Morgan fingerprint density at radius 1 is 1.37 bits per heavy atom. The molecule has 4 heteroatoms. The van der Waals surface area contributed by atoms with E-state index in [2.05, 4.69) is 29.7 Å². The van der Waals surface area contributed by atoms with Gasteiger partial charge in [0.05, 0.1) is 6.42 Å². The summed E-state index contributed by atoms with van der Waals surface area (Å²) in [4.78, 5) is 11.5. The summed E-state index contributed by atoms with van der Waals surface area (Å²) >= 11 is 2.03. The van der Waals surface area contributed by atoms with Crippen molar-refractivity contribution in [2.75, 3.05) is 17.6 Å². The van der Waals surface area contributed by atoms with Crippen LogP contribution in [0.1, 0.15) is 25.8 Å². The van der Waals surface area contributed by atoms with Crippen LogP contribution >= 0.6 is 11.8 Å². The molecule has 2 atom stereocenters. The minimum Gasteiger partial charge on any atom is -0.381 e. The van der Waals surface area contributed by atoms with E-state index in [4.69, 9.17) is 0 Å². The number of carbonyl (C=O) groups is 1. The Hall–Kier alpha value is -1.16. The topological polar surface area (TPSA) is 41.1 Å². The van der Waals surface area contributed by atoms with Gasteiger partial charge in [0.25, 0.3) is 0 Å². The molecule has 1 aliphatic heterocycles. The van der Waals surface area contributed by atoms with Gasteiger partial charge in [-0.15, -0.1) is 0 Å². The van der Waals surface area contributed by atoms with Gasteiger partial charge in [-0.2, -0.15) is 11.8 Å². The highest BCUT2D eigenvalue weighted by Crippen LogP contribution is 2.28. The standard InChI is InChI=1S/C15H22N2OS/c1-3-16-15(18)10-12-4-6-13(7-5-12)17-14-8-9-19-11(14)2/h4-7,11,14,17H,3,8-10H2,1-2H3,(H,16,18). The van der Waals surface area contributed by atoms with Crippen LogP contribution in [0.3, 0.4) is 0 Å². The van der Waals surface area contributed by atoms with E-state index < -0.39 is 0 Å². The molecule has 0 saturated carbocycles. The van der Waals surface area contributed by atoms with E-state index in [1.165, 1.54) is 12.2 Å². The second-order valence-electron chi connectivity index (χ2n) is 4.94. The number of benzene rings is 1. The van der Waals surface area contributed by atoms with Crippen molar-refractivity contribution in [3.05, 3.63) is 29.8 Å². The summed E-state index contributed by atoms with van der Waals surface area (Å²) in [5, 5.41) is 7.07. The van der Waals surface area contributed by atoms with Gasteiger partial charge in [-0.1, -0.05) is 19.1 Å². The second kappa shape index (κ2) is 6.85. The molecule has 1 heterocycles. The fourth-order valence-corrected chi connectivity index (χ4v) is 3.50. The normalized spacial score (nSPS) is 22.2. The van der Waals surface area contributed by atoms with E-state index in [1.54, 1.807) is 0 Å². The van der Waals surface area contributed by atoms with Crippen molar-refractivity contribution in [2.24, 2.45) is 0 Å². The highest BCUT2D eigenvalue weighted by atomic mass is 32.2. The fourth-order valence-electron chi connectivity index (χ4n) is 2.30. The average Bonchev–Trinajstić information content (AvgIpc) is 2.78. The molecule has 2 rings (SSSR count). The van der Waals surface area contributed by atoms with Crippen LogP contribution in [0.5, 0.6) is 0 Å². The number of nitrogens with one attached hydrogen (secondary N) is 2. The van der Waals surface area contributed by atoms with Gasteiger partial charge in [0.1, 0.15) is 0 Å². The molecule has 0 radical (unpaired) electrons. The molecular formula is C15H22N2OS. The van der Waals surface area contributed by atoms with Gasteiger partial charge in [-0.05, 0) is 36.8 Å². The van der Waals surface area contributed by atoms with Crippen molar-refractivity contribution in [1.82, 2.24) is 5.32 Å². The molecule has 104 valence electrons. The zero-order valence-corrected chi connectivity index (χ0v) is 12.4. The Balaban J connectivity index is 1.89. The molecule has 1 fully saturated rings. The Bertz CT molecular complexity index is 419. The quantitative estimate of drug-likeness (QED) is 0.870. The molecule has 1 aliphatic rings. The SMILES string of the molecule is CCNC(=O)Cc1ccc(NC2CCSC2C)cc1. The molecule has 0 aliphatic carbocycles. The Kier molecular flexibility index (Phi) is 5.14. The first-order valence-electron chi connectivity index (χ1n) is 6.93. The van der Waals surface area contributed by atoms with Gasteiger partial charge in [0, 0.05) is 23.5 Å². The molecule has 1 saturated heterocycles. The minimum absolute atomic E-state index is 0.0871. The molecule has 0 spiro atoms. The van der Waals surface area contributed by atoms with Crippen LogP contribution in [0, 0.1) is 0 Å². The molecule has 19 heavy (non-hydrogen) atoms. The van der Waals surface area contributed by atoms with E-state index in [9.17, 15) is 4.79 Å². The van der Waals surface area contributed by atoms with Crippen LogP contribution < -0.4 is 10.6 Å². The van der Waals surface area contributed by atoms with E-state index in [-0.39, 0.29) is 5.91 Å². The number of thioether (sulfide) groups is 1. The van der Waals surface area contributed by atoms with Crippen molar-refractivity contribution in [2.45, 2.75) is 38.0 Å². The first-order valence-corrected chi connectivity index (χ1v) is 7.97. The lowest BCUT2D eigenvalue weighted by Gasteiger charge is -2.18. The number of carbonyl (C=O) groups excluding carboxylic acids is 1. The summed E-state index contributed by atoms with van der Waals surface area (Å²) in [6.07, 6.45) is 1.69. The average molecular weight is 278 g/mol. The molecule has 2 N–H and O–H groups in total. The van der Waals surface area contributed by atoms with Crippen LogP contribution in [-0.2, 0) is 11.2 Å². The molecule has 1 aromatic rings. The lowest BCUT2D eigenvalue weighted by atomic mass is 10.1. The van der Waals surface area contributed by atoms with Crippen LogP contribution in [0.25, 0.3) is 0 Å².